The van der Waals surface area contributed by atoms with Crippen molar-refractivity contribution in [2.24, 2.45) is 0 Å². The number of fused-ring (bicyclic) bond motifs is 1. The number of nitrogens with one attached hydrogen (secondary N) is 1. The van der Waals surface area contributed by atoms with Crippen molar-refractivity contribution in [2.45, 2.75) is 10.9 Å². The molecule has 0 spiro atoms. The number of rotatable bonds is 4. The van der Waals surface area contributed by atoms with Gasteiger partial charge in [0.05, 0.1) is 22.4 Å². The van der Waals surface area contributed by atoms with Gasteiger partial charge in [0.2, 0.25) is 0 Å². The standard InChI is InChI=1S/C16H10F2N4S2/c17-10-5-13-14(6-11(10)18)22-16(21-13)24-8-9-7-23-15(20-9)12-3-1-2-4-19-12/h1-7H,8H2,(H,21,22). The minimum Gasteiger partial charge on any atom is -0.333 e. The quantitative estimate of drug-likeness (QED) is 0.538. The molecule has 0 saturated heterocycles. The maximum atomic E-state index is 13.2. The highest BCUT2D eigenvalue weighted by molar-refractivity contribution is 7.98. The summed E-state index contributed by atoms with van der Waals surface area (Å²) < 4.78 is 26.5. The molecule has 0 aliphatic heterocycles. The van der Waals surface area contributed by atoms with Crippen molar-refractivity contribution in [1.29, 1.82) is 0 Å². The Hall–Kier alpha value is -2.32. The van der Waals surface area contributed by atoms with Crippen LogP contribution in [-0.2, 0) is 5.75 Å². The number of halogens is 2. The molecule has 0 atom stereocenters. The second-order valence-corrected chi connectivity index (χ2v) is 6.80. The molecule has 3 heterocycles. The molecule has 120 valence electrons. The molecule has 1 N–H and O–H groups in total. The molecule has 0 radical (unpaired) electrons. The van der Waals surface area contributed by atoms with Gasteiger partial charge in [-0.15, -0.1) is 11.3 Å². The van der Waals surface area contributed by atoms with Crippen LogP contribution in [0.1, 0.15) is 5.69 Å². The zero-order valence-corrected chi connectivity index (χ0v) is 13.8. The third kappa shape index (κ3) is 3.02. The Kier molecular flexibility index (Phi) is 3.99. The van der Waals surface area contributed by atoms with Gasteiger partial charge in [0.1, 0.15) is 5.01 Å². The summed E-state index contributed by atoms with van der Waals surface area (Å²) in [7, 11) is 0. The highest BCUT2D eigenvalue weighted by Gasteiger charge is 2.10. The van der Waals surface area contributed by atoms with Gasteiger partial charge < -0.3 is 4.98 Å². The first-order valence-corrected chi connectivity index (χ1v) is 8.89. The lowest BCUT2D eigenvalue weighted by Crippen LogP contribution is -1.84. The number of nitrogens with zero attached hydrogens (tertiary/aromatic N) is 3. The van der Waals surface area contributed by atoms with Crippen molar-refractivity contribution in [1.82, 2.24) is 19.9 Å². The third-order valence-corrected chi connectivity index (χ3v) is 5.12. The van der Waals surface area contributed by atoms with Gasteiger partial charge in [-0.2, -0.15) is 0 Å². The molecule has 0 fully saturated rings. The Balaban J connectivity index is 1.50. The summed E-state index contributed by atoms with van der Waals surface area (Å²) in [6.07, 6.45) is 1.73. The van der Waals surface area contributed by atoms with Gasteiger partial charge in [0.25, 0.3) is 0 Å². The molecule has 0 amide bonds. The van der Waals surface area contributed by atoms with E-state index in [1.807, 2.05) is 23.6 Å². The first kappa shape index (κ1) is 15.2. The fourth-order valence-corrected chi connectivity index (χ4v) is 3.85. The smallest absolute Gasteiger partial charge is 0.166 e. The topological polar surface area (TPSA) is 54.5 Å². The number of H-pyrrole nitrogens is 1. The van der Waals surface area contributed by atoms with Gasteiger partial charge in [-0.05, 0) is 12.1 Å². The van der Waals surface area contributed by atoms with Crippen molar-refractivity contribution in [3.05, 3.63) is 59.2 Å². The molecule has 0 aliphatic rings. The number of benzene rings is 1. The highest BCUT2D eigenvalue weighted by Crippen LogP contribution is 2.27. The average molecular weight is 360 g/mol. The van der Waals surface area contributed by atoms with Crippen LogP contribution in [0.3, 0.4) is 0 Å². The van der Waals surface area contributed by atoms with E-state index in [1.54, 1.807) is 6.20 Å². The van der Waals surface area contributed by atoms with Gasteiger partial charge in [-0.3, -0.25) is 4.98 Å². The van der Waals surface area contributed by atoms with Gasteiger partial charge in [-0.1, -0.05) is 17.8 Å². The van der Waals surface area contributed by atoms with E-state index in [-0.39, 0.29) is 0 Å². The van der Waals surface area contributed by atoms with Crippen LogP contribution in [0, 0.1) is 11.6 Å². The van der Waals surface area contributed by atoms with Crippen LogP contribution >= 0.6 is 23.1 Å². The molecule has 24 heavy (non-hydrogen) atoms. The average Bonchev–Trinajstić information content (AvgIpc) is 3.21. The SMILES string of the molecule is Fc1cc2nc(SCc3csc(-c4ccccn4)n3)[nH]c2cc1F. The van der Waals surface area contributed by atoms with Gasteiger partial charge in [-0.25, -0.2) is 18.7 Å². The van der Waals surface area contributed by atoms with E-state index < -0.39 is 11.6 Å². The van der Waals surface area contributed by atoms with Crippen LogP contribution in [0.4, 0.5) is 8.78 Å². The van der Waals surface area contributed by atoms with Gasteiger partial charge >= 0.3 is 0 Å². The van der Waals surface area contributed by atoms with Crippen molar-refractivity contribution in [2.75, 3.05) is 0 Å². The third-order valence-electron chi connectivity index (χ3n) is 3.29. The molecule has 4 rings (SSSR count). The lowest BCUT2D eigenvalue weighted by Gasteiger charge is -1.94. The number of aromatic amines is 1. The molecular weight excluding hydrogens is 350 g/mol. The fraction of sp³-hybridized carbons (Fsp3) is 0.0625. The summed E-state index contributed by atoms with van der Waals surface area (Å²) in [6.45, 7) is 0. The maximum Gasteiger partial charge on any atom is 0.166 e. The van der Waals surface area contributed by atoms with Crippen molar-refractivity contribution in [3.8, 4) is 10.7 Å². The van der Waals surface area contributed by atoms with E-state index in [0.717, 1.165) is 28.5 Å². The number of thiazole rings is 1. The maximum absolute atomic E-state index is 13.2. The predicted molar refractivity (Wildman–Crippen MR) is 90.9 cm³/mol. The van der Waals surface area contributed by atoms with Crippen LogP contribution in [0.2, 0.25) is 0 Å². The minimum atomic E-state index is -0.898. The van der Waals surface area contributed by atoms with Crippen LogP contribution in [-0.4, -0.2) is 19.9 Å². The van der Waals surface area contributed by atoms with E-state index in [4.69, 9.17) is 0 Å². The zero-order chi connectivity index (χ0) is 16.5. The second kappa shape index (κ2) is 6.29. The van der Waals surface area contributed by atoms with Crippen molar-refractivity contribution in [3.63, 3.8) is 0 Å². The number of imidazole rings is 1. The summed E-state index contributed by atoms with van der Waals surface area (Å²) in [4.78, 5) is 16.1. The van der Waals surface area contributed by atoms with Crippen LogP contribution < -0.4 is 0 Å². The number of hydrogen-bond acceptors (Lipinski definition) is 5. The zero-order valence-electron chi connectivity index (χ0n) is 12.2. The molecule has 0 unspecified atom stereocenters. The normalized spacial score (nSPS) is 11.2. The monoisotopic (exact) mass is 360 g/mol. The van der Waals surface area contributed by atoms with Gasteiger partial charge in [0.15, 0.2) is 16.8 Å². The van der Waals surface area contributed by atoms with Crippen molar-refractivity contribution < 1.29 is 8.78 Å². The Morgan fingerprint density at radius 2 is 2.00 bits per heavy atom. The van der Waals surface area contributed by atoms with Crippen LogP contribution in [0.5, 0.6) is 0 Å². The Bertz CT molecular complexity index is 959. The van der Waals surface area contributed by atoms with Crippen molar-refractivity contribution >= 4 is 34.1 Å². The Morgan fingerprint density at radius 3 is 2.83 bits per heavy atom. The molecule has 0 aliphatic carbocycles. The van der Waals surface area contributed by atoms with Gasteiger partial charge in [0, 0.05) is 29.5 Å². The van der Waals surface area contributed by atoms with E-state index >= 15 is 0 Å². The molecule has 0 bridgehead atoms. The number of hydrogen-bond donors (Lipinski definition) is 1. The largest absolute Gasteiger partial charge is 0.333 e. The first-order chi connectivity index (χ1) is 11.7. The van der Waals surface area contributed by atoms with Crippen LogP contribution in [0.15, 0.2) is 47.1 Å². The Morgan fingerprint density at radius 1 is 1.12 bits per heavy atom. The molecule has 0 saturated carbocycles. The molecule has 8 heteroatoms. The summed E-state index contributed by atoms with van der Waals surface area (Å²) >= 11 is 2.96. The molecule has 1 aromatic carbocycles. The first-order valence-electron chi connectivity index (χ1n) is 7.02. The summed E-state index contributed by atoms with van der Waals surface area (Å²) in [5.41, 5.74) is 2.63. The number of thioether (sulfide) groups is 1. The minimum absolute atomic E-state index is 0.406. The molecule has 4 aromatic rings. The predicted octanol–water partition coefficient (Wildman–Crippen LogP) is 4.65. The van der Waals surface area contributed by atoms with E-state index in [1.165, 1.54) is 23.1 Å². The molecule has 4 nitrogen and oxygen atoms in total. The fourth-order valence-electron chi connectivity index (χ4n) is 2.17. The van der Waals surface area contributed by atoms with E-state index in [9.17, 15) is 8.78 Å². The second-order valence-electron chi connectivity index (χ2n) is 4.97. The lowest BCUT2D eigenvalue weighted by molar-refractivity contribution is 0.510. The lowest BCUT2D eigenvalue weighted by atomic mass is 10.3. The summed E-state index contributed by atoms with van der Waals surface area (Å²) in [5.74, 6) is -1.18. The number of aromatic nitrogens is 4. The molecular formula is C16H10F2N4S2. The molecule has 3 aromatic heterocycles. The number of pyridine rings is 1. The van der Waals surface area contributed by atoms with E-state index in [0.29, 0.717) is 21.9 Å². The summed E-state index contributed by atoms with van der Waals surface area (Å²) in [6, 6.07) is 7.90. The summed E-state index contributed by atoms with van der Waals surface area (Å²) in [5, 5.41) is 3.43. The van der Waals surface area contributed by atoms with E-state index in [2.05, 4.69) is 19.9 Å². The Labute approximate surface area is 144 Å². The highest BCUT2D eigenvalue weighted by atomic mass is 32.2. The van der Waals surface area contributed by atoms with Crippen LogP contribution in [0.25, 0.3) is 21.7 Å².